The van der Waals surface area contributed by atoms with Crippen molar-refractivity contribution < 1.29 is 14.3 Å². The number of ether oxygens (including phenoxy) is 2. The first kappa shape index (κ1) is 12.9. The molecule has 98 valence electrons. The molecule has 1 amide bonds. The molecular weight excluding hydrogens is 230 g/mol. The largest absolute Gasteiger partial charge is 0.494 e. The number of nitrogens with one attached hydrogen (secondary N) is 1. The van der Waals surface area contributed by atoms with Gasteiger partial charge in [0.25, 0.3) is 0 Å². The van der Waals surface area contributed by atoms with Gasteiger partial charge in [-0.2, -0.15) is 0 Å². The highest BCUT2D eigenvalue weighted by Crippen LogP contribution is 2.11. The van der Waals surface area contributed by atoms with Crippen LogP contribution in [0.2, 0.25) is 0 Å². The average molecular weight is 249 g/mol. The summed E-state index contributed by atoms with van der Waals surface area (Å²) in [7, 11) is 0. The van der Waals surface area contributed by atoms with Crippen molar-refractivity contribution in [2.75, 3.05) is 19.8 Å². The molecule has 0 atom stereocenters. The van der Waals surface area contributed by atoms with Crippen molar-refractivity contribution in [3.8, 4) is 5.75 Å². The van der Waals surface area contributed by atoms with E-state index in [1.165, 1.54) is 5.56 Å². The number of benzene rings is 1. The molecule has 1 aliphatic rings. The molecule has 0 unspecified atom stereocenters. The quantitative estimate of drug-likeness (QED) is 0.780. The lowest BCUT2D eigenvalue weighted by Gasteiger charge is -2.26. The van der Waals surface area contributed by atoms with Gasteiger partial charge in [0, 0.05) is 6.42 Å². The highest BCUT2D eigenvalue weighted by Gasteiger charge is 2.19. The molecule has 1 aliphatic heterocycles. The van der Waals surface area contributed by atoms with Crippen LogP contribution < -0.4 is 10.1 Å². The second kappa shape index (κ2) is 6.40. The Morgan fingerprint density at radius 1 is 1.39 bits per heavy atom. The summed E-state index contributed by atoms with van der Waals surface area (Å²) in [6, 6.07) is 8.13. The summed E-state index contributed by atoms with van der Waals surface area (Å²) in [6.45, 7) is 3.90. The van der Waals surface area contributed by atoms with Gasteiger partial charge in [0.05, 0.1) is 25.9 Å². The molecule has 1 aromatic carbocycles. The molecule has 1 N–H and O–H groups in total. The number of hydrogen-bond donors (Lipinski definition) is 1. The van der Waals surface area contributed by atoms with Crippen molar-refractivity contribution in [3.63, 3.8) is 0 Å². The van der Waals surface area contributed by atoms with Gasteiger partial charge in [0.1, 0.15) is 5.75 Å². The van der Waals surface area contributed by atoms with Crippen molar-refractivity contribution in [2.24, 2.45) is 0 Å². The van der Waals surface area contributed by atoms with E-state index < -0.39 is 0 Å². The van der Waals surface area contributed by atoms with Crippen LogP contribution in [0.4, 0.5) is 0 Å². The van der Waals surface area contributed by atoms with Gasteiger partial charge >= 0.3 is 0 Å². The molecule has 0 aromatic heterocycles. The zero-order chi connectivity index (χ0) is 12.8. The van der Waals surface area contributed by atoms with Crippen molar-refractivity contribution in [1.29, 1.82) is 0 Å². The first-order valence-corrected chi connectivity index (χ1v) is 6.30. The molecule has 4 heteroatoms. The van der Waals surface area contributed by atoms with Crippen molar-refractivity contribution >= 4 is 5.91 Å². The van der Waals surface area contributed by atoms with E-state index in [1.807, 2.05) is 31.2 Å². The third kappa shape index (κ3) is 4.04. The summed E-state index contributed by atoms with van der Waals surface area (Å²) in [5.74, 6) is 0.934. The normalized spacial score (nSPS) is 14.9. The van der Waals surface area contributed by atoms with E-state index in [1.54, 1.807) is 0 Å². The predicted octanol–water partition coefficient (Wildman–Crippen LogP) is 1.67. The fraction of sp³-hybridized carbons (Fsp3) is 0.500. The molecular formula is C14H19NO3. The molecule has 2 rings (SSSR count). The number of carbonyl (C=O) groups is 1. The molecule has 1 saturated heterocycles. The maximum absolute atomic E-state index is 11.5. The average Bonchev–Trinajstić information content (AvgIpc) is 2.32. The third-order valence-electron chi connectivity index (χ3n) is 2.84. The fourth-order valence-corrected chi connectivity index (χ4v) is 1.68. The van der Waals surface area contributed by atoms with E-state index in [2.05, 4.69) is 5.32 Å². The minimum atomic E-state index is 0.0795. The third-order valence-corrected chi connectivity index (χ3v) is 2.84. The smallest absolute Gasteiger partial charge is 0.220 e. The molecule has 1 aromatic rings. The number of carbonyl (C=O) groups excluding carboxylic acids is 1. The molecule has 0 radical (unpaired) electrons. The number of amides is 1. The van der Waals surface area contributed by atoms with Gasteiger partial charge in [-0.15, -0.1) is 0 Å². The maximum Gasteiger partial charge on any atom is 0.220 e. The van der Waals surface area contributed by atoms with E-state index in [-0.39, 0.29) is 11.9 Å². The minimum Gasteiger partial charge on any atom is -0.494 e. The Morgan fingerprint density at radius 2 is 2.11 bits per heavy atom. The van der Waals surface area contributed by atoms with Crippen molar-refractivity contribution in [3.05, 3.63) is 29.8 Å². The maximum atomic E-state index is 11.5. The van der Waals surface area contributed by atoms with Crippen LogP contribution in [0.1, 0.15) is 18.4 Å². The Hall–Kier alpha value is -1.55. The summed E-state index contributed by atoms with van der Waals surface area (Å²) in [4.78, 5) is 11.5. The molecule has 0 spiro atoms. The lowest BCUT2D eigenvalue weighted by Crippen LogP contribution is -2.48. The Labute approximate surface area is 107 Å². The van der Waals surface area contributed by atoms with Gasteiger partial charge in [-0.25, -0.2) is 0 Å². The highest BCUT2D eigenvalue weighted by atomic mass is 16.5. The Kier molecular flexibility index (Phi) is 4.59. The second-order valence-electron chi connectivity index (χ2n) is 4.57. The Bertz CT molecular complexity index is 385. The van der Waals surface area contributed by atoms with Crippen LogP contribution in [0.15, 0.2) is 24.3 Å². The van der Waals surface area contributed by atoms with E-state index in [4.69, 9.17) is 9.47 Å². The van der Waals surface area contributed by atoms with Crippen LogP contribution in [-0.4, -0.2) is 31.8 Å². The SMILES string of the molecule is Cc1ccc(OCCCC(=O)NC2COC2)cc1. The molecule has 4 nitrogen and oxygen atoms in total. The van der Waals surface area contributed by atoms with Gasteiger partial charge < -0.3 is 14.8 Å². The standard InChI is InChI=1S/C14H19NO3/c1-11-4-6-13(7-5-11)18-8-2-3-14(16)15-12-9-17-10-12/h4-7,12H,2-3,8-10H2,1H3,(H,15,16). The summed E-state index contributed by atoms with van der Waals surface area (Å²) < 4.78 is 10.5. The van der Waals surface area contributed by atoms with Crippen LogP contribution >= 0.6 is 0 Å². The highest BCUT2D eigenvalue weighted by molar-refractivity contribution is 5.76. The minimum absolute atomic E-state index is 0.0795. The number of hydrogen-bond acceptors (Lipinski definition) is 3. The lowest BCUT2D eigenvalue weighted by molar-refractivity contribution is -0.125. The lowest BCUT2D eigenvalue weighted by atomic mass is 10.2. The first-order valence-electron chi connectivity index (χ1n) is 6.30. The van der Waals surface area contributed by atoms with Gasteiger partial charge in [0.15, 0.2) is 0 Å². The Balaban J connectivity index is 1.57. The van der Waals surface area contributed by atoms with Gasteiger partial charge in [0.2, 0.25) is 5.91 Å². The first-order chi connectivity index (χ1) is 8.74. The zero-order valence-electron chi connectivity index (χ0n) is 10.6. The van der Waals surface area contributed by atoms with E-state index in [0.717, 1.165) is 12.2 Å². The predicted molar refractivity (Wildman–Crippen MR) is 68.7 cm³/mol. The van der Waals surface area contributed by atoms with Crippen LogP contribution in [0.3, 0.4) is 0 Å². The number of aryl methyl sites for hydroxylation is 1. The van der Waals surface area contributed by atoms with Gasteiger partial charge in [-0.05, 0) is 25.5 Å². The fourth-order valence-electron chi connectivity index (χ4n) is 1.68. The van der Waals surface area contributed by atoms with Gasteiger partial charge in [-0.1, -0.05) is 17.7 Å². The summed E-state index contributed by atoms with van der Waals surface area (Å²) in [5.41, 5.74) is 1.21. The second-order valence-corrected chi connectivity index (χ2v) is 4.57. The van der Waals surface area contributed by atoms with E-state index in [9.17, 15) is 4.79 Å². The van der Waals surface area contributed by atoms with Crippen LogP contribution in [0.25, 0.3) is 0 Å². The van der Waals surface area contributed by atoms with E-state index >= 15 is 0 Å². The van der Waals surface area contributed by atoms with Gasteiger partial charge in [-0.3, -0.25) is 4.79 Å². The summed E-state index contributed by atoms with van der Waals surface area (Å²) in [5, 5.41) is 2.90. The number of rotatable bonds is 6. The molecule has 1 fully saturated rings. The van der Waals surface area contributed by atoms with Crippen LogP contribution in [-0.2, 0) is 9.53 Å². The monoisotopic (exact) mass is 249 g/mol. The molecule has 0 saturated carbocycles. The van der Waals surface area contributed by atoms with Crippen LogP contribution in [0, 0.1) is 6.92 Å². The summed E-state index contributed by atoms with van der Waals surface area (Å²) in [6.07, 6.45) is 1.23. The Morgan fingerprint density at radius 3 is 2.72 bits per heavy atom. The molecule has 18 heavy (non-hydrogen) atoms. The zero-order valence-corrected chi connectivity index (χ0v) is 10.6. The molecule has 0 aliphatic carbocycles. The molecule has 0 bridgehead atoms. The van der Waals surface area contributed by atoms with Crippen molar-refractivity contribution in [2.45, 2.75) is 25.8 Å². The van der Waals surface area contributed by atoms with E-state index in [0.29, 0.717) is 26.2 Å². The van der Waals surface area contributed by atoms with Crippen LogP contribution in [0.5, 0.6) is 5.75 Å². The summed E-state index contributed by atoms with van der Waals surface area (Å²) >= 11 is 0. The topological polar surface area (TPSA) is 47.6 Å². The van der Waals surface area contributed by atoms with Crippen molar-refractivity contribution in [1.82, 2.24) is 5.32 Å². The molecule has 1 heterocycles.